The Hall–Kier alpha value is -1.11. The zero-order valence-corrected chi connectivity index (χ0v) is 7.93. The Morgan fingerprint density at radius 3 is 2.67 bits per heavy atom. The molecule has 1 heteroatoms. The monoisotopic (exact) mass is 163 g/mol. The van der Waals surface area contributed by atoms with E-state index in [4.69, 9.17) is 5.41 Å². The number of nitrogens with one attached hydrogen (secondary N) is 1. The van der Waals surface area contributed by atoms with Crippen LogP contribution in [0.4, 0.5) is 0 Å². The Bertz CT molecular complexity index is 209. The molecule has 0 aromatic carbocycles. The molecule has 0 radical (unpaired) electrons. The van der Waals surface area contributed by atoms with Gasteiger partial charge in [0.25, 0.3) is 0 Å². The highest BCUT2D eigenvalue weighted by atomic mass is 14.4. The largest absolute Gasteiger partial charge is 0.301 e. The highest BCUT2D eigenvalue weighted by Crippen LogP contribution is 2.12. The molecule has 0 spiro atoms. The van der Waals surface area contributed by atoms with Gasteiger partial charge < -0.3 is 5.41 Å². The van der Waals surface area contributed by atoms with Gasteiger partial charge in [0.2, 0.25) is 0 Å². The number of rotatable bonds is 2. The smallest absolute Gasteiger partial charge is 0.0566 e. The number of hydrogen-bond donors (Lipinski definition) is 1. The van der Waals surface area contributed by atoms with Crippen molar-refractivity contribution >= 4 is 5.71 Å². The van der Waals surface area contributed by atoms with E-state index in [1.807, 2.05) is 26.0 Å². The van der Waals surface area contributed by atoms with Crippen LogP contribution in [0.15, 0.2) is 36.5 Å². The number of allylic oxidation sites excluding steroid dienone is 5. The summed E-state index contributed by atoms with van der Waals surface area (Å²) >= 11 is 0. The Kier molecular flexibility index (Phi) is 5.98. The predicted molar refractivity (Wildman–Crippen MR) is 55.7 cm³/mol. The first kappa shape index (κ1) is 10.9. The van der Waals surface area contributed by atoms with Crippen molar-refractivity contribution in [2.45, 2.75) is 26.7 Å². The van der Waals surface area contributed by atoms with Crippen LogP contribution in [0.3, 0.4) is 0 Å². The maximum absolute atomic E-state index is 7.41. The van der Waals surface area contributed by atoms with Gasteiger partial charge in [-0.05, 0) is 24.5 Å². The van der Waals surface area contributed by atoms with Gasteiger partial charge in [-0.15, -0.1) is 0 Å². The lowest BCUT2D eigenvalue weighted by molar-refractivity contribution is 1.00. The summed E-state index contributed by atoms with van der Waals surface area (Å²) in [7, 11) is 0. The molecule has 0 aromatic rings. The minimum atomic E-state index is 0.560. The van der Waals surface area contributed by atoms with E-state index in [9.17, 15) is 0 Å². The lowest BCUT2D eigenvalue weighted by atomic mass is 10.0. The van der Waals surface area contributed by atoms with E-state index in [0.717, 1.165) is 18.4 Å². The molecule has 0 amide bonds. The SMILES string of the molecule is C=CC(=N)C1=CC=CCC1.CC. The summed E-state index contributed by atoms with van der Waals surface area (Å²) < 4.78 is 0. The van der Waals surface area contributed by atoms with E-state index in [0.29, 0.717) is 5.71 Å². The normalized spacial score (nSPS) is 14.0. The molecule has 1 N–H and O–H groups in total. The van der Waals surface area contributed by atoms with Crippen molar-refractivity contribution < 1.29 is 0 Å². The van der Waals surface area contributed by atoms with E-state index in [-0.39, 0.29) is 0 Å². The maximum Gasteiger partial charge on any atom is 0.0566 e. The van der Waals surface area contributed by atoms with Gasteiger partial charge in [-0.3, -0.25) is 0 Å². The molecule has 0 fully saturated rings. The van der Waals surface area contributed by atoms with Gasteiger partial charge in [0.05, 0.1) is 5.71 Å². The second-order valence-corrected chi connectivity index (χ2v) is 2.28. The lowest BCUT2D eigenvalue weighted by Gasteiger charge is -2.05. The predicted octanol–water partition coefficient (Wildman–Crippen LogP) is 3.49. The van der Waals surface area contributed by atoms with Crippen molar-refractivity contribution in [3.8, 4) is 0 Å². The average Bonchev–Trinajstić information content (AvgIpc) is 2.21. The van der Waals surface area contributed by atoms with Crippen molar-refractivity contribution in [2.24, 2.45) is 0 Å². The minimum Gasteiger partial charge on any atom is -0.301 e. The summed E-state index contributed by atoms with van der Waals surface area (Å²) in [6.45, 7) is 7.55. The van der Waals surface area contributed by atoms with Crippen molar-refractivity contribution in [1.29, 1.82) is 5.41 Å². The Labute approximate surface area is 75.0 Å². The molecular formula is C11H17N. The van der Waals surface area contributed by atoms with Crippen LogP contribution < -0.4 is 0 Å². The minimum absolute atomic E-state index is 0.560. The second-order valence-electron chi connectivity index (χ2n) is 2.28. The zero-order valence-electron chi connectivity index (χ0n) is 7.93. The molecule has 0 aromatic heterocycles. The molecule has 0 bridgehead atoms. The van der Waals surface area contributed by atoms with Crippen LogP contribution in [0.25, 0.3) is 0 Å². The Morgan fingerprint density at radius 2 is 2.25 bits per heavy atom. The molecule has 12 heavy (non-hydrogen) atoms. The quantitative estimate of drug-likeness (QED) is 0.602. The summed E-state index contributed by atoms with van der Waals surface area (Å²) in [5.41, 5.74) is 1.65. The molecule has 0 saturated heterocycles. The fraction of sp³-hybridized carbons (Fsp3) is 0.364. The third kappa shape index (κ3) is 3.33. The van der Waals surface area contributed by atoms with Gasteiger partial charge in [-0.2, -0.15) is 0 Å². The molecule has 0 heterocycles. The molecular weight excluding hydrogens is 146 g/mol. The van der Waals surface area contributed by atoms with Crippen LogP contribution in [0.1, 0.15) is 26.7 Å². The third-order valence-electron chi connectivity index (χ3n) is 1.56. The van der Waals surface area contributed by atoms with Crippen molar-refractivity contribution in [3.05, 3.63) is 36.5 Å². The maximum atomic E-state index is 7.41. The van der Waals surface area contributed by atoms with Gasteiger partial charge in [0, 0.05) is 0 Å². The molecule has 0 saturated carbocycles. The zero-order chi connectivity index (χ0) is 9.40. The molecule has 1 nitrogen and oxygen atoms in total. The highest BCUT2D eigenvalue weighted by Gasteiger charge is 2.01. The first-order valence-electron chi connectivity index (χ1n) is 4.41. The summed E-state index contributed by atoms with van der Waals surface area (Å²) in [5, 5.41) is 7.41. The van der Waals surface area contributed by atoms with Crippen molar-refractivity contribution in [3.63, 3.8) is 0 Å². The Morgan fingerprint density at radius 1 is 1.58 bits per heavy atom. The molecule has 0 aliphatic heterocycles. The average molecular weight is 163 g/mol. The van der Waals surface area contributed by atoms with E-state index in [1.165, 1.54) is 0 Å². The fourth-order valence-corrected chi connectivity index (χ4v) is 0.958. The molecule has 1 aliphatic carbocycles. The standard InChI is InChI=1S/C9H11N.C2H6/c1-2-9(10)8-6-4-3-5-7-8;1-2/h2-4,6,10H,1,5,7H2;1-2H3. The lowest BCUT2D eigenvalue weighted by Crippen LogP contribution is -1.98. The topological polar surface area (TPSA) is 23.9 Å². The van der Waals surface area contributed by atoms with E-state index in [1.54, 1.807) is 6.08 Å². The summed E-state index contributed by atoms with van der Waals surface area (Å²) in [5.74, 6) is 0. The second kappa shape index (κ2) is 6.59. The van der Waals surface area contributed by atoms with Gasteiger partial charge >= 0.3 is 0 Å². The number of hydrogen-bond acceptors (Lipinski definition) is 1. The van der Waals surface area contributed by atoms with Gasteiger partial charge in [0.15, 0.2) is 0 Å². The third-order valence-corrected chi connectivity index (χ3v) is 1.56. The van der Waals surface area contributed by atoms with Crippen LogP contribution in [-0.4, -0.2) is 5.71 Å². The molecule has 0 unspecified atom stereocenters. The van der Waals surface area contributed by atoms with Crippen LogP contribution in [0.2, 0.25) is 0 Å². The molecule has 1 rings (SSSR count). The van der Waals surface area contributed by atoms with Gasteiger partial charge in [0.1, 0.15) is 0 Å². The van der Waals surface area contributed by atoms with Crippen LogP contribution in [-0.2, 0) is 0 Å². The van der Waals surface area contributed by atoms with Gasteiger partial charge in [-0.1, -0.05) is 38.7 Å². The highest BCUT2D eigenvalue weighted by molar-refractivity contribution is 6.06. The molecule has 66 valence electrons. The van der Waals surface area contributed by atoms with Crippen LogP contribution in [0.5, 0.6) is 0 Å². The van der Waals surface area contributed by atoms with Crippen molar-refractivity contribution in [2.75, 3.05) is 0 Å². The van der Waals surface area contributed by atoms with Crippen LogP contribution in [0, 0.1) is 5.41 Å². The first-order valence-corrected chi connectivity index (χ1v) is 4.41. The van der Waals surface area contributed by atoms with E-state index >= 15 is 0 Å². The molecule has 1 aliphatic rings. The summed E-state index contributed by atoms with van der Waals surface area (Å²) in [4.78, 5) is 0. The van der Waals surface area contributed by atoms with E-state index < -0.39 is 0 Å². The van der Waals surface area contributed by atoms with Crippen LogP contribution >= 0.6 is 0 Å². The van der Waals surface area contributed by atoms with E-state index in [2.05, 4.69) is 12.7 Å². The van der Waals surface area contributed by atoms with Crippen molar-refractivity contribution in [1.82, 2.24) is 0 Å². The van der Waals surface area contributed by atoms with Gasteiger partial charge in [-0.25, -0.2) is 0 Å². The Balaban J connectivity index is 0.000000561. The molecule has 0 atom stereocenters. The summed E-state index contributed by atoms with van der Waals surface area (Å²) in [6, 6.07) is 0. The summed E-state index contributed by atoms with van der Waals surface area (Å²) in [6.07, 6.45) is 9.72. The first-order chi connectivity index (χ1) is 5.84. The fourth-order valence-electron chi connectivity index (χ4n) is 0.958.